The van der Waals surface area contributed by atoms with Crippen LogP contribution in [-0.2, 0) is 0 Å². The van der Waals surface area contributed by atoms with Crippen molar-refractivity contribution in [1.82, 2.24) is 9.88 Å². The first-order chi connectivity index (χ1) is 13.9. The molecule has 2 N–H and O–H groups in total. The first kappa shape index (κ1) is 19.3. The number of nitrogens with zero attached hydrogens (tertiary/aromatic N) is 2. The summed E-state index contributed by atoms with van der Waals surface area (Å²) < 4.78 is 3.04. The van der Waals surface area contributed by atoms with E-state index in [1.807, 2.05) is 68.4 Å². The lowest BCUT2D eigenvalue weighted by Gasteiger charge is -2.15. The summed E-state index contributed by atoms with van der Waals surface area (Å²) in [5, 5.41) is 5.74. The van der Waals surface area contributed by atoms with Crippen molar-refractivity contribution in [3.63, 3.8) is 0 Å². The Bertz CT molecular complexity index is 1110. The first-order valence-electron chi connectivity index (χ1n) is 9.36. The standard InChI is InChI=1S/C22H21BrN4O2/c1-14-11-20(15(2)27(14)19-8-3-5-16(23)12-19)21(28)25-17-6-4-7-18(13-17)26-10-9-24-22(26)29/h3-8,11-13H,9-10H2,1-2H3,(H,24,29)(H,25,28). The molecule has 3 aromatic rings. The molecule has 0 atom stereocenters. The monoisotopic (exact) mass is 452 g/mol. The maximum atomic E-state index is 13.0. The van der Waals surface area contributed by atoms with Gasteiger partial charge in [0.1, 0.15) is 0 Å². The van der Waals surface area contributed by atoms with Gasteiger partial charge in [-0.25, -0.2) is 4.79 Å². The van der Waals surface area contributed by atoms with Crippen LogP contribution in [-0.4, -0.2) is 29.6 Å². The lowest BCUT2D eigenvalue weighted by atomic mass is 10.2. The van der Waals surface area contributed by atoms with E-state index in [9.17, 15) is 9.59 Å². The largest absolute Gasteiger partial charge is 0.336 e. The summed E-state index contributed by atoms with van der Waals surface area (Å²) in [6.45, 7) is 5.16. The zero-order valence-electron chi connectivity index (χ0n) is 16.2. The normalized spacial score (nSPS) is 13.5. The van der Waals surface area contributed by atoms with Crippen LogP contribution in [0, 0.1) is 13.8 Å². The van der Waals surface area contributed by atoms with Crippen LogP contribution in [0.1, 0.15) is 21.7 Å². The fourth-order valence-corrected chi connectivity index (χ4v) is 4.06. The van der Waals surface area contributed by atoms with Crippen molar-refractivity contribution < 1.29 is 9.59 Å². The molecule has 6 nitrogen and oxygen atoms in total. The van der Waals surface area contributed by atoms with Crippen molar-refractivity contribution in [2.45, 2.75) is 13.8 Å². The van der Waals surface area contributed by atoms with E-state index in [0.717, 1.165) is 27.2 Å². The summed E-state index contributed by atoms with van der Waals surface area (Å²) in [7, 11) is 0. The van der Waals surface area contributed by atoms with Gasteiger partial charge >= 0.3 is 6.03 Å². The fraction of sp³-hybridized carbons (Fsp3) is 0.182. The van der Waals surface area contributed by atoms with Crippen LogP contribution < -0.4 is 15.5 Å². The molecule has 3 amide bonds. The van der Waals surface area contributed by atoms with Crippen molar-refractivity contribution in [2.24, 2.45) is 0 Å². The Kier molecular flexibility index (Phi) is 5.15. The number of amides is 3. The van der Waals surface area contributed by atoms with E-state index in [4.69, 9.17) is 0 Å². The molecule has 1 aromatic heterocycles. The number of nitrogens with one attached hydrogen (secondary N) is 2. The molecule has 0 spiro atoms. The summed E-state index contributed by atoms with van der Waals surface area (Å²) >= 11 is 3.50. The predicted molar refractivity (Wildman–Crippen MR) is 118 cm³/mol. The molecule has 1 aliphatic rings. The number of carbonyl (C=O) groups is 2. The summed E-state index contributed by atoms with van der Waals surface area (Å²) in [6.07, 6.45) is 0. The molecule has 0 radical (unpaired) electrons. The number of rotatable bonds is 4. The number of hydrogen-bond acceptors (Lipinski definition) is 2. The van der Waals surface area contributed by atoms with Gasteiger partial charge in [0.2, 0.25) is 0 Å². The van der Waals surface area contributed by atoms with Crippen LogP contribution >= 0.6 is 15.9 Å². The maximum absolute atomic E-state index is 13.0. The minimum Gasteiger partial charge on any atom is -0.336 e. The Labute approximate surface area is 177 Å². The summed E-state index contributed by atoms with van der Waals surface area (Å²) in [5.74, 6) is -0.178. The Hall–Kier alpha value is -3.06. The van der Waals surface area contributed by atoms with Crippen LogP contribution in [0.15, 0.2) is 59.1 Å². The quantitative estimate of drug-likeness (QED) is 0.605. The van der Waals surface area contributed by atoms with Gasteiger partial charge in [-0.1, -0.05) is 28.1 Å². The van der Waals surface area contributed by atoms with Gasteiger partial charge in [0.25, 0.3) is 5.91 Å². The molecular formula is C22H21BrN4O2. The van der Waals surface area contributed by atoms with Gasteiger partial charge in [-0.3, -0.25) is 9.69 Å². The number of urea groups is 1. The molecule has 7 heteroatoms. The lowest BCUT2D eigenvalue weighted by molar-refractivity contribution is 0.102. The smallest absolute Gasteiger partial charge is 0.321 e. The van der Waals surface area contributed by atoms with Crippen molar-refractivity contribution in [2.75, 3.05) is 23.3 Å². The van der Waals surface area contributed by atoms with E-state index in [-0.39, 0.29) is 11.9 Å². The molecule has 0 unspecified atom stereocenters. The van der Waals surface area contributed by atoms with Gasteiger partial charge < -0.3 is 15.2 Å². The van der Waals surface area contributed by atoms with E-state index < -0.39 is 0 Å². The second-order valence-electron chi connectivity index (χ2n) is 6.99. The fourth-order valence-electron chi connectivity index (χ4n) is 3.67. The predicted octanol–water partition coefficient (Wildman–Crippen LogP) is 4.64. The van der Waals surface area contributed by atoms with E-state index >= 15 is 0 Å². The molecule has 0 saturated carbocycles. The van der Waals surface area contributed by atoms with Crippen molar-refractivity contribution in [3.05, 3.63) is 76.0 Å². The second kappa shape index (κ2) is 7.75. The number of benzene rings is 2. The summed E-state index contributed by atoms with van der Waals surface area (Å²) in [4.78, 5) is 26.5. The second-order valence-corrected chi connectivity index (χ2v) is 7.90. The number of anilines is 2. The summed E-state index contributed by atoms with van der Waals surface area (Å²) in [6, 6.07) is 17.1. The minimum atomic E-state index is -0.178. The van der Waals surface area contributed by atoms with Crippen molar-refractivity contribution in [1.29, 1.82) is 0 Å². The van der Waals surface area contributed by atoms with Gasteiger partial charge in [0.05, 0.1) is 5.56 Å². The molecular weight excluding hydrogens is 432 g/mol. The number of halogens is 1. The molecule has 1 fully saturated rings. The van der Waals surface area contributed by atoms with Crippen LogP contribution in [0.2, 0.25) is 0 Å². The van der Waals surface area contributed by atoms with Crippen LogP contribution in [0.3, 0.4) is 0 Å². The highest BCUT2D eigenvalue weighted by Gasteiger charge is 2.22. The van der Waals surface area contributed by atoms with Crippen LogP contribution in [0.25, 0.3) is 5.69 Å². The third-order valence-electron chi connectivity index (χ3n) is 5.01. The van der Waals surface area contributed by atoms with Gasteiger partial charge in [-0.05, 0) is 56.3 Å². The zero-order chi connectivity index (χ0) is 20.5. The van der Waals surface area contributed by atoms with Crippen LogP contribution in [0.4, 0.5) is 16.2 Å². The number of aromatic nitrogens is 1. The van der Waals surface area contributed by atoms with E-state index in [1.54, 1.807) is 4.90 Å². The third kappa shape index (κ3) is 3.78. The molecule has 148 valence electrons. The van der Waals surface area contributed by atoms with E-state index in [1.165, 1.54) is 0 Å². The average molecular weight is 453 g/mol. The van der Waals surface area contributed by atoms with Crippen molar-refractivity contribution >= 4 is 39.2 Å². The number of aryl methyl sites for hydroxylation is 1. The lowest BCUT2D eigenvalue weighted by Crippen LogP contribution is -2.27. The number of carbonyl (C=O) groups excluding carboxylic acids is 2. The Morgan fingerprint density at radius 3 is 2.55 bits per heavy atom. The highest BCUT2D eigenvalue weighted by Crippen LogP contribution is 2.25. The molecule has 0 aliphatic carbocycles. The molecule has 2 heterocycles. The molecule has 1 aliphatic heterocycles. The Morgan fingerprint density at radius 1 is 1.07 bits per heavy atom. The molecule has 4 rings (SSSR count). The maximum Gasteiger partial charge on any atom is 0.321 e. The summed E-state index contributed by atoms with van der Waals surface area (Å²) in [5.41, 5.74) is 4.88. The number of hydrogen-bond donors (Lipinski definition) is 2. The Morgan fingerprint density at radius 2 is 1.83 bits per heavy atom. The van der Waals surface area contributed by atoms with Gasteiger partial charge in [0.15, 0.2) is 0 Å². The van der Waals surface area contributed by atoms with Gasteiger partial charge in [-0.2, -0.15) is 0 Å². The third-order valence-corrected chi connectivity index (χ3v) is 5.51. The molecule has 2 aromatic carbocycles. The van der Waals surface area contributed by atoms with Gasteiger partial charge in [0, 0.05) is 46.0 Å². The topological polar surface area (TPSA) is 66.4 Å². The van der Waals surface area contributed by atoms with Gasteiger partial charge in [-0.15, -0.1) is 0 Å². The molecule has 1 saturated heterocycles. The highest BCUT2D eigenvalue weighted by molar-refractivity contribution is 9.10. The highest BCUT2D eigenvalue weighted by atomic mass is 79.9. The average Bonchev–Trinajstić information content (AvgIpc) is 3.24. The first-order valence-corrected chi connectivity index (χ1v) is 10.1. The Balaban J connectivity index is 1.60. The molecule has 29 heavy (non-hydrogen) atoms. The molecule has 0 bridgehead atoms. The minimum absolute atomic E-state index is 0.119. The van der Waals surface area contributed by atoms with Crippen molar-refractivity contribution in [3.8, 4) is 5.69 Å². The van der Waals surface area contributed by atoms with E-state index in [0.29, 0.717) is 24.3 Å². The SMILES string of the molecule is Cc1cc(C(=O)Nc2cccc(N3CCNC3=O)c2)c(C)n1-c1cccc(Br)c1. The van der Waals surface area contributed by atoms with Crippen LogP contribution in [0.5, 0.6) is 0 Å². The van der Waals surface area contributed by atoms with E-state index in [2.05, 4.69) is 31.1 Å². The zero-order valence-corrected chi connectivity index (χ0v) is 17.8.